The lowest BCUT2D eigenvalue weighted by atomic mass is 10.0. The zero-order valence-electron chi connectivity index (χ0n) is 27.8. The van der Waals surface area contributed by atoms with E-state index in [1.807, 2.05) is 0 Å². The normalized spacial score (nSPS) is 10.3. The topological polar surface area (TPSA) is 106 Å². The van der Waals surface area contributed by atoms with Crippen molar-refractivity contribution < 1.29 is 25.3 Å². The Labute approximate surface area is 273 Å². The molecule has 4 N–H and O–H groups in total. The van der Waals surface area contributed by atoms with Gasteiger partial charge in [-0.3, -0.25) is 9.59 Å². The van der Waals surface area contributed by atoms with E-state index in [4.69, 9.17) is 10.2 Å². The van der Waals surface area contributed by atoms with E-state index in [9.17, 15) is 9.59 Å². The molecular weight excluding hydrogens is 539 g/mol. The van der Waals surface area contributed by atoms with Crippen LogP contribution in [-0.2, 0) is 9.59 Å². The van der Waals surface area contributed by atoms with Crippen LogP contribution in [0.25, 0.3) is 0 Å². The number of carboxylic acids is 2. The van der Waals surface area contributed by atoms with Crippen LogP contribution in [0.15, 0.2) is 0 Å². The lowest BCUT2D eigenvalue weighted by Crippen LogP contribution is -1.93. The molecule has 254 valence electrons. The zero-order chi connectivity index (χ0) is 29.8. The molecule has 0 radical (unpaired) electrons. The summed E-state index contributed by atoms with van der Waals surface area (Å²) in [6, 6.07) is 0. The van der Waals surface area contributed by atoms with Crippen molar-refractivity contribution in [2.24, 2.45) is 0 Å². The van der Waals surface area contributed by atoms with E-state index in [-0.39, 0.29) is 22.8 Å². The number of carbonyl (C=O) groups is 2. The van der Waals surface area contributed by atoms with Crippen molar-refractivity contribution in [2.75, 3.05) is 0 Å². The third kappa shape index (κ3) is 52.1. The molecule has 0 aromatic carbocycles. The van der Waals surface area contributed by atoms with E-state index in [0.717, 1.165) is 25.7 Å². The molecule has 6 heteroatoms. The second-order valence-electron chi connectivity index (χ2n) is 12.2. The summed E-state index contributed by atoms with van der Waals surface area (Å²) >= 11 is 0. The average Bonchev–Trinajstić information content (AvgIpc) is 2.93. The molecule has 0 aromatic rings. The number of carboxylic acid groups (broad SMARTS) is 2. The highest BCUT2D eigenvalue weighted by Crippen LogP contribution is 2.15. The highest BCUT2D eigenvalue weighted by molar-refractivity contribution is 5.75. The average molecular weight is 617 g/mol. The standard InChI is InChI=1S/2C18H36O2.Al.H2O.3H/c2*1-2-3-4-5-6-7-8-9-10-11-12-13-14-15-16-17-18(19)20;;;;;/h2*2-17H2,1H3,(H,19,20);;1H2;;;. The first-order valence-corrected chi connectivity index (χ1v) is 18.0. The highest BCUT2D eigenvalue weighted by atomic mass is 27.0. The molecule has 0 aliphatic rings. The second kappa shape index (κ2) is 44.9. The number of unbranched alkanes of at least 4 members (excludes halogenated alkanes) is 28. The van der Waals surface area contributed by atoms with E-state index in [2.05, 4.69) is 13.8 Å². The number of rotatable bonds is 32. The molecule has 0 bridgehead atoms. The SMILES string of the molecule is CCCCCCCCCCCCCCCCCC(=O)O.CCCCCCCCCCCCCCCCCC(=O)O.O.[AlH3]. The molecule has 0 aliphatic carbocycles. The Hall–Kier alpha value is -0.568. The molecule has 0 saturated heterocycles. The lowest BCUT2D eigenvalue weighted by Gasteiger charge is -2.03. The van der Waals surface area contributed by atoms with Crippen LogP contribution in [0, 0.1) is 0 Å². The van der Waals surface area contributed by atoms with E-state index >= 15 is 0 Å². The van der Waals surface area contributed by atoms with Gasteiger partial charge in [-0.05, 0) is 12.8 Å². The Morgan fingerprint density at radius 1 is 0.333 bits per heavy atom. The Balaban J connectivity index is -0.000000328. The number of hydrogen-bond donors (Lipinski definition) is 2. The van der Waals surface area contributed by atoms with Gasteiger partial charge in [0, 0.05) is 12.8 Å². The molecule has 0 unspecified atom stereocenters. The molecule has 0 aliphatic heterocycles. The van der Waals surface area contributed by atoms with E-state index in [1.54, 1.807) is 0 Å². The molecule has 5 nitrogen and oxygen atoms in total. The van der Waals surface area contributed by atoms with Crippen molar-refractivity contribution in [3.63, 3.8) is 0 Å². The van der Waals surface area contributed by atoms with Crippen molar-refractivity contribution in [2.45, 2.75) is 219 Å². The third-order valence-corrected chi connectivity index (χ3v) is 7.99. The minimum Gasteiger partial charge on any atom is -0.481 e. The lowest BCUT2D eigenvalue weighted by molar-refractivity contribution is -0.138. The van der Waals surface area contributed by atoms with Gasteiger partial charge in [-0.25, -0.2) is 0 Å². The van der Waals surface area contributed by atoms with Gasteiger partial charge in [-0.15, -0.1) is 0 Å². The Bertz CT molecular complexity index is 457. The molecule has 0 aromatic heterocycles. The van der Waals surface area contributed by atoms with E-state index in [1.165, 1.54) is 167 Å². The van der Waals surface area contributed by atoms with E-state index < -0.39 is 11.9 Å². The van der Waals surface area contributed by atoms with Crippen LogP contribution in [0.5, 0.6) is 0 Å². The maximum atomic E-state index is 10.3. The summed E-state index contributed by atoms with van der Waals surface area (Å²) in [6.07, 6.45) is 40.4. The third-order valence-electron chi connectivity index (χ3n) is 7.99. The van der Waals surface area contributed by atoms with Crippen LogP contribution >= 0.6 is 0 Å². The molecule has 0 rings (SSSR count). The van der Waals surface area contributed by atoms with Gasteiger partial charge in [0.15, 0.2) is 17.4 Å². The van der Waals surface area contributed by atoms with Crippen molar-refractivity contribution in [1.29, 1.82) is 0 Å². The fraction of sp³-hybridized carbons (Fsp3) is 0.944. The molecule has 0 saturated carbocycles. The summed E-state index contributed by atoms with van der Waals surface area (Å²) in [6.45, 7) is 4.54. The first kappa shape index (κ1) is 48.3. The summed E-state index contributed by atoms with van der Waals surface area (Å²) in [4.78, 5) is 20.7. The summed E-state index contributed by atoms with van der Waals surface area (Å²) in [5.74, 6) is -1.31. The summed E-state index contributed by atoms with van der Waals surface area (Å²) < 4.78 is 0. The largest absolute Gasteiger partial charge is 0.481 e. The summed E-state index contributed by atoms with van der Waals surface area (Å²) in [5.41, 5.74) is 0. The highest BCUT2D eigenvalue weighted by Gasteiger charge is 1.98. The van der Waals surface area contributed by atoms with Crippen LogP contribution < -0.4 is 0 Å². The zero-order valence-corrected chi connectivity index (χ0v) is 27.8. The van der Waals surface area contributed by atoms with Crippen LogP contribution in [0.1, 0.15) is 219 Å². The van der Waals surface area contributed by atoms with Crippen molar-refractivity contribution in [1.82, 2.24) is 0 Å². The van der Waals surface area contributed by atoms with Crippen LogP contribution in [0.3, 0.4) is 0 Å². The van der Waals surface area contributed by atoms with E-state index in [0.29, 0.717) is 12.8 Å². The van der Waals surface area contributed by atoms with Crippen molar-refractivity contribution in [3.8, 4) is 0 Å². The van der Waals surface area contributed by atoms with Gasteiger partial charge in [0.05, 0.1) is 0 Å². The Kier molecular flexibility index (Phi) is 51.6. The van der Waals surface area contributed by atoms with Gasteiger partial charge >= 0.3 is 11.9 Å². The molecule has 0 fully saturated rings. The van der Waals surface area contributed by atoms with Gasteiger partial charge in [-0.2, -0.15) is 0 Å². The number of hydrogen-bond acceptors (Lipinski definition) is 2. The molecule has 0 heterocycles. The maximum Gasteiger partial charge on any atom is 0.303 e. The first-order valence-electron chi connectivity index (χ1n) is 18.0. The van der Waals surface area contributed by atoms with Crippen LogP contribution in [-0.4, -0.2) is 45.0 Å². The first-order chi connectivity index (χ1) is 19.5. The van der Waals surface area contributed by atoms with Crippen molar-refractivity contribution in [3.05, 3.63) is 0 Å². The molecule has 0 amide bonds. The predicted octanol–water partition coefficient (Wildman–Crippen LogP) is 10.7. The monoisotopic (exact) mass is 617 g/mol. The predicted molar refractivity (Wildman–Crippen MR) is 188 cm³/mol. The van der Waals surface area contributed by atoms with Gasteiger partial charge in [-0.1, -0.05) is 194 Å². The van der Waals surface area contributed by atoms with Gasteiger partial charge in [0.1, 0.15) is 0 Å². The number of aliphatic carboxylic acids is 2. The molecular formula is C36H77AlO5. The second-order valence-corrected chi connectivity index (χ2v) is 12.2. The smallest absolute Gasteiger partial charge is 0.303 e. The van der Waals surface area contributed by atoms with Gasteiger partial charge in [0.25, 0.3) is 0 Å². The minimum atomic E-state index is -0.653. The van der Waals surface area contributed by atoms with Crippen LogP contribution in [0.4, 0.5) is 0 Å². The van der Waals surface area contributed by atoms with Gasteiger partial charge < -0.3 is 15.7 Å². The fourth-order valence-corrected chi connectivity index (χ4v) is 5.30. The fourth-order valence-electron chi connectivity index (χ4n) is 5.30. The summed E-state index contributed by atoms with van der Waals surface area (Å²) in [5, 5.41) is 17.0. The molecule has 0 atom stereocenters. The van der Waals surface area contributed by atoms with Crippen LogP contribution in [0.2, 0.25) is 0 Å². The Morgan fingerprint density at radius 3 is 0.619 bits per heavy atom. The van der Waals surface area contributed by atoms with Crippen molar-refractivity contribution >= 4 is 29.3 Å². The maximum absolute atomic E-state index is 10.3. The molecule has 42 heavy (non-hydrogen) atoms. The van der Waals surface area contributed by atoms with Gasteiger partial charge in [0.2, 0.25) is 0 Å². The minimum absolute atomic E-state index is 0. The molecule has 0 spiro atoms. The summed E-state index contributed by atoms with van der Waals surface area (Å²) in [7, 11) is 0. The quantitative estimate of drug-likeness (QED) is 0.0579. The Morgan fingerprint density at radius 2 is 0.476 bits per heavy atom.